The van der Waals surface area contributed by atoms with Crippen molar-refractivity contribution in [3.63, 3.8) is 0 Å². The Hall–Kier alpha value is -2.55. The van der Waals surface area contributed by atoms with Gasteiger partial charge in [0.1, 0.15) is 0 Å². The molecule has 1 aliphatic heterocycles. The molecule has 212 valence electrons. The second-order valence-electron chi connectivity index (χ2n) is 12.6. The van der Waals surface area contributed by atoms with E-state index in [4.69, 9.17) is 0 Å². The van der Waals surface area contributed by atoms with Gasteiger partial charge in [0, 0.05) is 43.1 Å². The lowest BCUT2D eigenvalue weighted by molar-refractivity contribution is -0.136. The summed E-state index contributed by atoms with van der Waals surface area (Å²) in [5, 5.41) is 7.55. The number of hydrogen-bond donors (Lipinski definition) is 1. The Labute approximate surface area is 227 Å². The van der Waals surface area contributed by atoms with Gasteiger partial charge in [-0.15, -0.1) is 0 Å². The molecular weight excluding hydrogens is 503 g/mol. The Kier molecular flexibility index (Phi) is 7.14. The van der Waals surface area contributed by atoms with Crippen LogP contribution >= 0.6 is 0 Å². The van der Waals surface area contributed by atoms with Gasteiger partial charge in [0.2, 0.25) is 0 Å². The van der Waals surface area contributed by atoms with Crippen molar-refractivity contribution in [3.8, 4) is 0 Å². The summed E-state index contributed by atoms with van der Waals surface area (Å²) in [5.74, 6) is 1.87. The van der Waals surface area contributed by atoms with E-state index in [0.29, 0.717) is 35.8 Å². The van der Waals surface area contributed by atoms with E-state index in [2.05, 4.69) is 28.9 Å². The van der Waals surface area contributed by atoms with Crippen molar-refractivity contribution in [2.45, 2.75) is 96.3 Å². The molecule has 2 saturated carbocycles. The fraction of sp³-hybridized carbons (Fsp3) is 0.667. The number of halogens is 3. The molecule has 4 heterocycles. The standard InChI is InChI=1S/C30H40F3N5O/c1-19-6-5-11-36(15-19)16-21-12-25(30(31,32)33)26-18-37(29(39)38(26)17-21)24-10-4-9-23(13-24)27(22-7-3-8-22)28-20(2)14-34-35-28/h12,14,17-19,22-24,27H,3-11,13,15-16H2,1-2H3,(H,34,35)/t19-,23?,24?,27-/m0/s1. The van der Waals surface area contributed by atoms with E-state index in [-0.39, 0.29) is 17.2 Å². The molecule has 4 atom stereocenters. The van der Waals surface area contributed by atoms with Gasteiger partial charge in [-0.2, -0.15) is 18.3 Å². The monoisotopic (exact) mass is 543 g/mol. The van der Waals surface area contributed by atoms with Crippen molar-refractivity contribution in [2.75, 3.05) is 13.1 Å². The van der Waals surface area contributed by atoms with Crippen LogP contribution in [0.5, 0.6) is 0 Å². The fourth-order valence-electron chi connectivity index (χ4n) is 7.66. The number of piperidine rings is 1. The first-order valence-electron chi connectivity index (χ1n) is 14.7. The van der Waals surface area contributed by atoms with Crippen LogP contribution in [0.3, 0.4) is 0 Å². The number of aromatic nitrogens is 4. The highest BCUT2D eigenvalue weighted by Gasteiger charge is 2.40. The minimum atomic E-state index is -4.53. The van der Waals surface area contributed by atoms with Gasteiger partial charge in [0.25, 0.3) is 0 Å². The second-order valence-corrected chi connectivity index (χ2v) is 12.6. The van der Waals surface area contributed by atoms with Gasteiger partial charge in [-0.25, -0.2) is 4.79 Å². The highest BCUT2D eigenvalue weighted by Crippen LogP contribution is 2.49. The topological polar surface area (TPSA) is 58.3 Å². The molecule has 2 unspecified atom stereocenters. The van der Waals surface area contributed by atoms with E-state index in [1.165, 1.54) is 47.2 Å². The zero-order chi connectivity index (χ0) is 27.3. The molecule has 0 amide bonds. The molecular formula is C30H40F3N5O. The van der Waals surface area contributed by atoms with Gasteiger partial charge in [-0.3, -0.25) is 19.0 Å². The highest BCUT2D eigenvalue weighted by molar-refractivity contribution is 5.56. The lowest BCUT2D eigenvalue weighted by atomic mass is 9.64. The Bertz CT molecular complexity index is 1370. The smallest absolute Gasteiger partial charge is 0.299 e. The van der Waals surface area contributed by atoms with E-state index < -0.39 is 11.7 Å². The van der Waals surface area contributed by atoms with Crippen molar-refractivity contribution in [1.29, 1.82) is 0 Å². The lowest BCUT2D eigenvalue weighted by Gasteiger charge is -2.42. The minimum Gasteiger partial charge on any atom is -0.299 e. The highest BCUT2D eigenvalue weighted by atomic mass is 19.4. The number of pyridine rings is 1. The molecule has 9 heteroatoms. The predicted molar refractivity (Wildman–Crippen MR) is 145 cm³/mol. The molecule has 0 aromatic carbocycles. The fourth-order valence-corrected chi connectivity index (χ4v) is 7.66. The van der Waals surface area contributed by atoms with Gasteiger partial charge in [-0.05, 0) is 93.4 Å². The number of likely N-dealkylation sites (tertiary alicyclic amines) is 1. The Morgan fingerprint density at radius 1 is 1.08 bits per heavy atom. The van der Waals surface area contributed by atoms with Crippen LogP contribution in [-0.4, -0.2) is 37.2 Å². The summed E-state index contributed by atoms with van der Waals surface area (Å²) < 4.78 is 45.7. The van der Waals surface area contributed by atoms with Crippen LogP contribution in [0.4, 0.5) is 13.2 Å². The molecule has 0 spiro atoms. The van der Waals surface area contributed by atoms with Crippen LogP contribution in [0.1, 0.15) is 99.1 Å². The summed E-state index contributed by atoms with van der Waals surface area (Å²) in [6.07, 6.45) is 9.98. The molecule has 3 aromatic heterocycles. The van der Waals surface area contributed by atoms with E-state index in [9.17, 15) is 18.0 Å². The van der Waals surface area contributed by atoms with Crippen molar-refractivity contribution in [1.82, 2.24) is 24.1 Å². The molecule has 1 N–H and O–H groups in total. The van der Waals surface area contributed by atoms with Crippen molar-refractivity contribution in [3.05, 3.63) is 57.5 Å². The molecule has 0 bridgehead atoms. The lowest BCUT2D eigenvalue weighted by Crippen LogP contribution is -2.34. The number of rotatable bonds is 6. The summed E-state index contributed by atoms with van der Waals surface area (Å²) in [4.78, 5) is 15.9. The van der Waals surface area contributed by atoms with Crippen molar-refractivity contribution >= 4 is 5.52 Å². The number of hydrogen-bond acceptors (Lipinski definition) is 3. The predicted octanol–water partition coefficient (Wildman–Crippen LogP) is 6.70. The van der Waals surface area contributed by atoms with E-state index >= 15 is 0 Å². The van der Waals surface area contributed by atoms with Crippen LogP contribution in [0, 0.1) is 24.7 Å². The summed E-state index contributed by atoms with van der Waals surface area (Å²) in [6, 6.07) is 1.16. The molecule has 2 aliphatic carbocycles. The minimum absolute atomic E-state index is 0.0367. The maximum absolute atomic E-state index is 14.3. The summed E-state index contributed by atoms with van der Waals surface area (Å²) in [6.45, 7) is 6.45. The van der Waals surface area contributed by atoms with E-state index in [1.807, 2.05) is 6.20 Å². The van der Waals surface area contributed by atoms with Gasteiger partial charge in [0.05, 0.1) is 17.3 Å². The average Bonchev–Trinajstić information content (AvgIpc) is 3.43. The molecule has 1 saturated heterocycles. The largest absolute Gasteiger partial charge is 0.418 e. The average molecular weight is 544 g/mol. The Balaban J connectivity index is 1.33. The van der Waals surface area contributed by atoms with E-state index in [1.54, 1.807) is 10.8 Å². The normalized spacial score (nSPS) is 26.1. The number of imidazole rings is 1. The van der Waals surface area contributed by atoms with Crippen LogP contribution in [0.2, 0.25) is 0 Å². The Morgan fingerprint density at radius 3 is 2.51 bits per heavy atom. The van der Waals surface area contributed by atoms with Crippen LogP contribution in [0.15, 0.2) is 29.5 Å². The molecule has 39 heavy (non-hydrogen) atoms. The summed E-state index contributed by atoms with van der Waals surface area (Å²) >= 11 is 0. The number of alkyl halides is 3. The maximum atomic E-state index is 14.3. The molecule has 3 aliphatic rings. The van der Waals surface area contributed by atoms with Gasteiger partial charge in [-0.1, -0.05) is 19.8 Å². The van der Waals surface area contributed by atoms with Crippen molar-refractivity contribution in [2.24, 2.45) is 17.8 Å². The number of nitrogens with zero attached hydrogens (tertiary/aromatic N) is 4. The van der Waals surface area contributed by atoms with Crippen LogP contribution < -0.4 is 5.69 Å². The Morgan fingerprint density at radius 2 is 1.85 bits per heavy atom. The summed E-state index contributed by atoms with van der Waals surface area (Å²) in [5.41, 5.74) is 1.82. The molecule has 3 fully saturated rings. The number of nitrogens with one attached hydrogen (secondary N) is 1. The summed E-state index contributed by atoms with van der Waals surface area (Å²) in [7, 11) is 0. The third kappa shape index (κ3) is 5.19. The van der Waals surface area contributed by atoms with Gasteiger partial charge < -0.3 is 0 Å². The van der Waals surface area contributed by atoms with Gasteiger partial charge in [0.15, 0.2) is 0 Å². The zero-order valence-electron chi connectivity index (χ0n) is 23.0. The van der Waals surface area contributed by atoms with Gasteiger partial charge >= 0.3 is 11.9 Å². The van der Waals surface area contributed by atoms with Crippen molar-refractivity contribution < 1.29 is 13.2 Å². The number of fused-ring (bicyclic) bond motifs is 1. The van der Waals surface area contributed by atoms with Crippen LogP contribution in [0.25, 0.3) is 5.52 Å². The number of H-pyrrole nitrogens is 1. The zero-order valence-corrected chi connectivity index (χ0v) is 23.0. The molecule has 6 rings (SSSR count). The first-order chi connectivity index (χ1) is 18.7. The number of aromatic amines is 1. The molecule has 6 nitrogen and oxygen atoms in total. The molecule has 0 radical (unpaired) electrons. The second kappa shape index (κ2) is 10.5. The number of aryl methyl sites for hydroxylation is 1. The van der Waals surface area contributed by atoms with Crippen LogP contribution in [-0.2, 0) is 12.7 Å². The molecule has 3 aromatic rings. The third-order valence-electron chi connectivity index (χ3n) is 9.75. The quantitative estimate of drug-likeness (QED) is 0.377. The first-order valence-corrected chi connectivity index (χ1v) is 14.7. The third-order valence-corrected chi connectivity index (χ3v) is 9.75. The first kappa shape index (κ1) is 26.7. The maximum Gasteiger partial charge on any atom is 0.418 e. The SMILES string of the molecule is Cc1cn[nH]c1[C@@H](C1CCC1)C1CCCC(n2cc3c(C(F)(F)F)cc(CN4CCC[C@H](C)C4)cn3c2=O)C1. The van der Waals surface area contributed by atoms with E-state index in [0.717, 1.165) is 51.6 Å².